The largest absolute Gasteiger partial charge is 0.399 e. The van der Waals surface area contributed by atoms with E-state index in [9.17, 15) is 0 Å². The van der Waals surface area contributed by atoms with Crippen LogP contribution in [0.4, 0.5) is 5.69 Å². The highest BCUT2D eigenvalue weighted by Gasteiger charge is 1.96. The second-order valence-corrected chi connectivity index (χ2v) is 2.08. The van der Waals surface area contributed by atoms with Gasteiger partial charge in [0.05, 0.1) is 0 Å². The molecular formula is C7H8N4. The van der Waals surface area contributed by atoms with Crippen LogP contribution in [0.25, 0.3) is 0 Å². The number of nitrogen functional groups attached to an aromatic ring is 1. The maximum Gasteiger partial charge on any atom is 0.173 e. The van der Waals surface area contributed by atoms with Crippen molar-refractivity contribution in [3.05, 3.63) is 29.8 Å². The molecule has 0 fully saturated rings. The maximum absolute atomic E-state index is 7.15. The van der Waals surface area contributed by atoms with Gasteiger partial charge < -0.3 is 5.73 Å². The van der Waals surface area contributed by atoms with Crippen molar-refractivity contribution in [2.45, 2.75) is 0 Å². The Morgan fingerprint density at radius 3 is 2.27 bits per heavy atom. The third-order valence-corrected chi connectivity index (χ3v) is 1.30. The smallest absolute Gasteiger partial charge is 0.173 e. The fraction of sp³-hybridized carbons (Fsp3) is 0. The molecule has 0 unspecified atom stereocenters. The summed E-state index contributed by atoms with van der Waals surface area (Å²) in [6, 6.07) is 6.68. The van der Waals surface area contributed by atoms with Gasteiger partial charge in [-0.1, -0.05) is 0 Å². The molecule has 0 bridgehead atoms. The molecule has 0 heterocycles. The van der Waals surface area contributed by atoms with Gasteiger partial charge in [-0.3, -0.25) is 5.41 Å². The first-order valence-corrected chi connectivity index (χ1v) is 3.06. The number of nitrogens with two attached hydrogens (primary N) is 1. The van der Waals surface area contributed by atoms with Crippen molar-refractivity contribution in [2.24, 2.45) is 5.11 Å². The average molecular weight is 148 g/mol. The lowest BCUT2D eigenvalue weighted by molar-refractivity contribution is 1.16. The van der Waals surface area contributed by atoms with Crippen LogP contribution >= 0.6 is 0 Å². The third kappa shape index (κ3) is 1.61. The van der Waals surface area contributed by atoms with E-state index in [0.29, 0.717) is 11.3 Å². The van der Waals surface area contributed by atoms with E-state index in [2.05, 4.69) is 5.11 Å². The third-order valence-electron chi connectivity index (χ3n) is 1.30. The summed E-state index contributed by atoms with van der Waals surface area (Å²) in [5, 5.41) is 10.1. The van der Waals surface area contributed by atoms with Crippen LogP contribution in [0.1, 0.15) is 5.56 Å². The summed E-state index contributed by atoms with van der Waals surface area (Å²) in [5.41, 5.74) is 13.2. The second-order valence-electron chi connectivity index (χ2n) is 2.08. The zero-order valence-corrected chi connectivity index (χ0v) is 5.83. The molecule has 0 atom stereocenters. The van der Waals surface area contributed by atoms with Crippen molar-refractivity contribution >= 4 is 11.5 Å². The van der Waals surface area contributed by atoms with E-state index >= 15 is 0 Å². The molecule has 4 heteroatoms. The van der Waals surface area contributed by atoms with Crippen LogP contribution in [0.15, 0.2) is 29.4 Å². The van der Waals surface area contributed by atoms with Gasteiger partial charge in [-0.2, -0.15) is 0 Å². The Balaban J connectivity index is 2.98. The second kappa shape index (κ2) is 2.92. The molecule has 0 saturated carbocycles. The number of hydrogen-bond donors (Lipinski definition) is 3. The first kappa shape index (κ1) is 7.40. The number of rotatable bonds is 1. The van der Waals surface area contributed by atoms with Crippen molar-refractivity contribution in [2.75, 3.05) is 5.73 Å². The quantitative estimate of drug-likeness (QED) is 0.240. The Morgan fingerprint density at radius 1 is 1.27 bits per heavy atom. The molecule has 0 amide bonds. The number of benzene rings is 1. The van der Waals surface area contributed by atoms with E-state index in [1.807, 2.05) is 0 Å². The van der Waals surface area contributed by atoms with E-state index in [4.69, 9.17) is 16.7 Å². The van der Waals surface area contributed by atoms with Crippen LogP contribution in [-0.2, 0) is 0 Å². The molecule has 0 aliphatic carbocycles. The lowest BCUT2D eigenvalue weighted by Crippen LogP contribution is -1.93. The molecule has 56 valence electrons. The summed E-state index contributed by atoms with van der Waals surface area (Å²) in [6.45, 7) is 0. The highest BCUT2D eigenvalue weighted by Crippen LogP contribution is 2.05. The van der Waals surface area contributed by atoms with Crippen LogP contribution in [0.2, 0.25) is 0 Å². The standard InChI is InChI=1S/C7H8N4/c8-6-3-1-5(2-4-6)7(9)11-10/h1-4,9-10H,8H2. The van der Waals surface area contributed by atoms with Gasteiger partial charge in [0, 0.05) is 11.3 Å². The summed E-state index contributed by atoms with van der Waals surface area (Å²) in [7, 11) is 0. The van der Waals surface area contributed by atoms with Gasteiger partial charge in [-0.05, 0) is 24.3 Å². The summed E-state index contributed by atoms with van der Waals surface area (Å²) in [4.78, 5) is 0. The molecule has 1 aromatic rings. The SMILES string of the molecule is N=NC(=N)c1ccc(N)cc1. The number of anilines is 1. The summed E-state index contributed by atoms with van der Waals surface area (Å²) in [5.74, 6) is -0.0509. The van der Waals surface area contributed by atoms with E-state index < -0.39 is 0 Å². The molecule has 1 aromatic carbocycles. The lowest BCUT2D eigenvalue weighted by Gasteiger charge is -1.95. The number of hydrogen-bond acceptors (Lipinski definition) is 3. The lowest BCUT2D eigenvalue weighted by atomic mass is 10.2. The van der Waals surface area contributed by atoms with Crippen molar-refractivity contribution in [3.63, 3.8) is 0 Å². The molecule has 4 N–H and O–H groups in total. The fourth-order valence-electron chi connectivity index (χ4n) is 0.706. The molecule has 1 rings (SSSR count). The molecule has 0 aliphatic heterocycles. The van der Waals surface area contributed by atoms with Crippen molar-refractivity contribution in [1.82, 2.24) is 0 Å². The minimum atomic E-state index is -0.0509. The maximum atomic E-state index is 7.15. The van der Waals surface area contributed by atoms with Gasteiger partial charge in [-0.15, -0.1) is 5.11 Å². The summed E-state index contributed by atoms with van der Waals surface area (Å²) in [6.07, 6.45) is 0. The molecule has 0 spiro atoms. The molecule has 0 saturated heterocycles. The summed E-state index contributed by atoms with van der Waals surface area (Å²) >= 11 is 0. The van der Waals surface area contributed by atoms with Gasteiger partial charge in [0.15, 0.2) is 5.84 Å². The van der Waals surface area contributed by atoms with Gasteiger partial charge in [-0.25, -0.2) is 5.53 Å². The number of amidine groups is 1. The van der Waals surface area contributed by atoms with Gasteiger partial charge in [0.2, 0.25) is 0 Å². The van der Waals surface area contributed by atoms with Crippen LogP contribution in [-0.4, -0.2) is 5.84 Å². The minimum Gasteiger partial charge on any atom is -0.399 e. The van der Waals surface area contributed by atoms with Crippen LogP contribution in [0.5, 0.6) is 0 Å². The Morgan fingerprint density at radius 2 is 1.82 bits per heavy atom. The van der Waals surface area contributed by atoms with Crippen LogP contribution in [0.3, 0.4) is 0 Å². The molecule has 11 heavy (non-hydrogen) atoms. The van der Waals surface area contributed by atoms with Gasteiger partial charge >= 0.3 is 0 Å². The average Bonchev–Trinajstić information content (AvgIpc) is 2.05. The zero-order chi connectivity index (χ0) is 8.27. The van der Waals surface area contributed by atoms with Crippen molar-refractivity contribution in [1.29, 1.82) is 10.9 Å². The predicted molar refractivity (Wildman–Crippen MR) is 42.8 cm³/mol. The van der Waals surface area contributed by atoms with Crippen molar-refractivity contribution in [3.8, 4) is 0 Å². The Kier molecular flexibility index (Phi) is 1.96. The Bertz CT molecular complexity index is 275. The molecule has 0 aliphatic rings. The first-order chi connectivity index (χ1) is 5.24. The monoisotopic (exact) mass is 148 g/mol. The molecular weight excluding hydrogens is 140 g/mol. The number of nitrogens with one attached hydrogen (secondary N) is 2. The Labute approximate surface area is 64.1 Å². The normalized spacial score (nSPS) is 9.09. The highest BCUT2D eigenvalue weighted by molar-refractivity contribution is 5.96. The van der Waals surface area contributed by atoms with E-state index in [-0.39, 0.29) is 5.84 Å². The number of nitrogens with zero attached hydrogens (tertiary/aromatic N) is 1. The van der Waals surface area contributed by atoms with E-state index in [1.165, 1.54) is 0 Å². The fourth-order valence-corrected chi connectivity index (χ4v) is 0.706. The molecule has 0 aromatic heterocycles. The predicted octanol–water partition coefficient (Wildman–Crippen LogP) is 1.63. The van der Waals surface area contributed by atoms with Crippen LogP contribution < -0.4 is 5.73 Å². The van der Waals surface area contributed by atoms with E-state index in [0.717, 1.165) is 0 Å². The highest BCUT2D eigenvalue weighted by atomic mass is 15.0. The first-order valence-electron chi connectivity index (χ1n) is 3.06. The topological polar surface area (TPSA) is 86.1 Å². The van der Waals surface area contributed by atoms with Crippen LogP contribution in [0, 0.1) is 10.9 Å². The van der Waals surface area contributed by atoms with Gasteiger partial charge in [0.25, 0.3) is 0 Å². The van der Waals surface area contributed by atoms with Gasteiger partial charge in [0.1, 0.15) is 0 Å². The molecule has 0 radical (unpaired) electrons. The van der Waals surface area contributed by atoms with E-state index in [1.54, 1.807) is 24.3 Å². The minimum absolute atomic E-state index is 0.0509. The summed E-state index contributed by atoms with van der Waals surface area (Å²) < 4.78 is 0. The molecule has 4 nitrogen and oxygen atoms in total. The van der Waals surface area contributed by atoms with Crippen molar-refractivity contribution < 1.29 is 0 Å². The Hall–Kier alpha value is -1.71. The zero-order valence-electron chi connectivity index (χ0n) is 5.83.